The minimum atomic E-state index is 0.220. The molecule has 1 aromatic carbocycles. The highest BCUT2D eigenvalue weighted by atomic mass is 16.5. The molecule has 0 spiro atoms. The fourth-order valence-electron chi connectivity index (χ4n) is 3.12. The van der Waals surface area contributed by atoms with Gasteiger partial charge in [-0.15, -0.1) is 0 Å². The highest BCUT2D eigenvalue weighted by molar-refractivity contribution is 5.33. The third-order valence-corrected chi connectivity index (χ3v) is 4.42. The number of ether oxygens (including phenoxy) is 2. The topological polar surface area (TPSA) is 46.9 Å². The molecule has 1 aromatic heterocycles. The average molecular weight is 330 g/mol. The van der Waals surface area contributed by atoms with Gasteiger partial charge in [-0.2, -0.15) is 0 Å². The van der Waals surface area contributed by atoms with Crippen LogP contribution in [0.25, 0.3) is 0 Å². The fraction of sp³-hybridized carbons (Fsp3) is 0.474. The summed E-state index contributed by atoms with van der Waals surface area (Å²) in [5.74, 6) is 2.89. The van der Waals surface area contributed by atoms with E-state index in [-0.39, 0.29) is 6.04 Å². The summed E-state index contributed by atoms with van der Waals surface area (Å²) >= 11 is 0. The van der Waals surface area contributed by atoms with Gasteiger partial charge >= 0.3 is 0 Å². The summed E-state index contributed by atoms with van der Waals surface area (Å²) in [6.07, 6.45) is 0. The lowest BCUT2D eigenvalue weighted by molar-refractivity contribution is 0.0115. The number of methoxy groups -OCH3 is 1. The van der Waals surface area contributed by atoms with E-state index in [1.54, 1.807) is 7.11 Å². The normalized spacial score (nSPS) is 16.9. The average Bonchev–Trinajstić information content (AvgIpc) is 3.06. The third kappa shape index (κ3) is 4.17. The van der Waals surface area contributed by atoms with Crippen molar-refractivity contribution in [3.63, 3.8) is 0 Å². The Morgan fingerprint density at radius 3 is 2.67 bits per heavy atom. The Morgan fingerprint density at radius 1 is 1.17 bits per heavy atom. The molecule has 2 aromatic rings. The van der Waals surface area contributed by atoms with Crippen LogP contribution in [0.15, 0.2) is 40.8 Å². The molecule has 1 unspecified atom stereocenters. The van der Waals surface area contributed by atoms with Gasteiger partial charge in [0.1, 0.15) is 17.3 Å². The minimum absolute atomic E-state index is 0.220. The number of nitrogens with one attached hydrogen (secondary N) is 1. The van der Waals surface area contributed by atoms with E-state index in [0.717, 1.165) is 62.2 Å². The number of para-hydroxylation sites is 1. The van der Waals surface area contributed by atoms with Crippen LogP contribution in [0.4, 0.5) is 0 Å². The van der Waals surface area contributed by atoms with E-state index in [2.05, 4.69) is 22.3 Å². The molecule has 24 heavy (non-hydrogen) atoms. The summed E-state index contributed by atoms with van der Waals surface area (Å²) in [6, 6.07) is 12.4. The molecule has 1 N–H and O–H groups in total. The Kier molecular flexibility index (Phi) is 5.91. The van der Waals surface area contributed by atoms with Crippen molar-refractivity contribution in [3.05, 3.63) is 53.5 Å². The molecule has 1 atom stereocenters. The Morgan fingerprint density at radius 2 is 1.96 bits per heavy atom. The first-order chi connectivity index (χ1) is 11.8. The molecule has 5 heteroatoms. The molecule has 0 bridgehead atoms. The van der Waals surface area contributed by atoms with Crippen molar-refractivity contribution in [1.29, 1.82) is 0 Å². The first-order valence-corrected chi connectivity index (χ1v) is 8.48. The van der Waals surface area contributed by atoms with Crippen molar-refractivity contribution in [2.24, 2.45) is 0 Å². The molecule has 0 amide bonds. The van der Waals surface area contributed by atoms with Gasteiger partial charge in [0, 0.05) is 31.7 Å². The molecular weight excluding hydrogens is 304 g/mol. The van der Waals surface area contributed by atoms with Gasteiger partial charge in [-0.25, -0.2) is 0 Å². The first-order valence-electron chi connectivity index (χ1n) is 8.48. The molecular formula is C19H26N2O3. The standard InChI is InChI=1S/C19H26N2O3/c1-15-7-8-19(24-15)17(21-9-11-23-12-10-21)14-20-13-16-5-3-4-6-18(16)22-2/h3-8,17,20H,9-14H2,1-2H3. The maximum atomic E-state index is 5.90. The molecule has 130 valence electrons. The number of furan rings is 1. The molecule has 1 aliphatic rings. The maximum absolute atomic E-state index is 5.90. The lowest BCUT2D eigenvalue weighted by atomic mass is 10.1. The second kappa shape index (κ2) is 8.33. The van der Waals surface area contributed by atoms with E-state index in [9.17, 15) is 0 Å². The van der Waals surface area contributed by atoms with Gasteiger partial charge in [-0.05, 0) is 25.1 Å². The zero-order chi connectivity index (χ0) is 16.8. The van der Waals surface area contributed by atoms with Crippen molar-refractivity contribution >= 4 is 0 Å². The third-order valence-electron chi connectivity index (χ3n) is 4.42. The molecule has 0 radical (unpaired) electrons. The minimum Gasteiger partial charge on any atom is -0.496 e. The van der Waals surface area contributed by atoms with E-state index < -0.39 is 0 Å². The second-order valence-corrected chi connectivity index (χ2v) is 6.06. The zero-order valence-electron chi connectivity index (χ0n) is 14.5. The molecule has 3 rings (SSSR count). The van der Waals surface area contributed by atoms with E-state index in [0.29, 0.717) is 0 Å². The van der Waals surface area contributed by atoms with Crippen LogP contribution in [-0.2, 0) is 11.3 Å². The van der Waals surface area contributed by atoms with Crippen molar-refractivity contribution in [2.45, 2.75) is 19.5 Å². The SMILES string of the molecule is COc1ccccc1CNCC(c1ccc(C)o1)N1CCOCC1. The predicted molar refractivity (Wildman–Crippen MR) is 93.3 cm³/mol. The van der Waals surface area contributed by atoms with Crippen LogP contribution in [-0.4, -0.2) is 44.9 Å². The molecule has 2 heterocycles. The van der Waals surface area contributed by atoms with Crippen molar-refractivity contribution in [3.8, 4) is 5.75 Å². The molecule has 1 saturated heterocycles. The lowest BCUT2D eigenvalue weighted by Gasteiger charge is -2.33. The van der Waals surface area contributed by atoms with Gasteiger partial charge in [-0.3, -0.25) is 4.90 Å². The smallest absolute Gasteiger partial charge is 0.123 e. The molecule has 1 aliphatic heterocycles. The van der Waals surface area contributed by atoms with Crippen molar-refractivity contribution in [1.82, 2.24) is 10.2 Å². The maximum Gasteiger partial charge on any atom is 0.123 e. The van der Waals surface area contributed by atoms with Crippen molar-refractivity contribution in [2.75, 3.05) is 40.0 Å². The Balaban J connectivity index is 1.65. The van der Waals surface area contributed by atoms with Crippen LogP contribution >= 0.6 is 0 Å². The molecule has 1 fully saturated rings. The van der Waals surface area contributed by atoms with Gasteiger partial charge in [0.15, 0.2) is 0 Å². The van der Waals surface area contributed by atoms with E-state index in [1.165, 1.54) is 0 Å². The monoisotopic (exact) mass is 330 g/mol. The molecule has 0 aliphatic carbocycles. The highest BCUT2D eigenvalue weighted by Crippen LogP contribution is 2.24. The van der Waals surface area contributed by atoms with Gasteiger partial charge in [-0.1, -0.05) is 18.2 Å². The van der Waals surface area contributed by atoms with Crippen LogP contribution in [0.5, 0.6) is 5.75 Å². The van der Waals surface area contributed by atoms with Crippen LogP contribution < -0.4 is 10.1 Å². The summed E-state index contributed by atoms with van der Waals surface area (Å²) < 4.78 is 16.8. The highest BCUT2D eigenvalue weighted by Gasteiger charge is 2.24. The lowest BCUT2D eigenvalue weighted by Crippen LogP contribution is -2.42. The van der Waals surface area contributed by atoms with Gasteiger partial charge in [0.05, 0.1) is 26.4 Å². The van der Waals surface area contributed by atoms with Gasteiger partial charge in [0.2, 0.25) is 0 Å². The number of hydrogen-bond donors (Lipinski definition) is 1. The van der Waals surface area contributed by atoms with Crippen molar-refractivity contribution < 1.29 is 13.9 Å². The summed E-state index contributed by atoms with van der Waals surface area (Å²) in [5.41, 5.74) is 1.16. The number of morpholine rings is 1. The summed E-state index contributed by atoms with van der Waals surface area (Å²) in [6.45, 7) is 7.00. The summed E-state index contributed by atoms with van der Waals surface area (Å²) in [5, 5.41) is 3.56. The number of benzene rings is 1. The van der Waals surface area contributed by atoms with E-state index in [4.69, 9.17) is 13.9 Å². The predicted octanol–water partition coefficient (Wildman–Crippen LogP) is 2.76. The van der Waals surface area contributed by atoms with Crippen LogP contribution in [0.2, 0.25) is 0 Å². The van der Waals surface area contributed by atoms with Gasteiger partial charge in [0.25, 0.3) is 0 Å². The number of hydrogen-bond acceptors (Lipinski definition) is 5. The fourth-order valence-corrected chi connectivity index (χ4v) is 3.12. The summed E-state index contributed by atoms with van der Waals surface area (Å²) in [4.78, 5) is 2.43. The largest absolute Gasteiger partial charge is 0.496 e. The first kappa shape index (κ1) is 17.0. The van der Waals surface area contributed by atoms with Crippen LogP contribution in [0, 0.1) is 6.92 Å². The number of aryl methyl sites for hydroxylation is 1. The van der Waals surface area contributed by atoms with Crippen LogP contribution in [0.3, 0.4) is 0 Å². The second-order valence-electron chi connectivity index (χ2n) is 6.06. The molecule has 5 nitrogen and oxygen atoms in total. The Hall–Kier alpha value is -1.82. The van der Waals surface area contributed by atoms with Crippen LogP contribution in [0.1, 0.15) is 23.1 Å². The summed E-state index contributed by atoms with van der Waals surface area (Å²) in [7, 11) is 1.71. The number of rotatable bonds is 7. The van der Waals surface area contributed by atoms with E-state index >= 15 is 0 Å². The Labute approximate surface area is 143 Å². The van der Waals surface area contributed by atoms with Gasteiger partial charge < -0.3 is 19.2 Å². The van der Waals surface area contributed by atoms with E-state index in [1.807, 2.05) is 31.2 Å². The molecule has 0 saturated carbocycles. The quantitative estimate of drug-likeness (QED) is 0.846. The Bertz CT molecular complexity index is 635. The zero-order valence-corrected chi connectivity index (χ0v) is 14.5. The number of nitrogens with zero attached hydrogens (tertiary/aromatic N) is 1.